The fourth-order valence-electron chi connectivity index (χ4n) is 2.03. The lowest BCUT2D eigenvalue weighted by Crippen LogP contribution is -2.34. The molecule has 0 bridgehead atoms. The fraction of sp³-hybridized carbons (Fsp3) is 0.176. The fourth-order valence-corrected chi connectivity index (χ4v) is 2.59. The number of carbonyl (C=O) groups is 2. The molecule has 2 aromatic carbocycles. The Bertz CT molecular complexity index is 752. The van der Waals surface area contributed by atoms with Gasteiger partial charge in [0.05, 0.1) is 12.7 Å². The van der Waals surface area contributed by atoms with Crippen molar-refractivity contribution in [2.24, 2.45) is 0 Å². The molecule has 24 heavy (non-hydrogen) atoms. The van der Waals surface area contributed by atoms with Gasteiger partial charge >= 0.3 is 0 Å². The van der Waals surface area contributed by atoms with Gasteiger partial charge < -0.3 is 15.4 Å². The molecule has 0 heterocycles. The van der Waals surface area contributed by atoms with E-state index in [1.54, 1.807) is 36.4 Å². The van der Waals surface area contributed by atoms with E-state index in [0.717, 1.165) is 4.47 Å². The second-order valence-corrected chi connectivity index (χ2v) is 6.22. The molecule has 2 aromatic rings. The number of carbonyl (C=O) groups excluding carboxylic acids is 2. The predicted octanol–water partition coefficient (Wildman–Crippen LogP) is 3.27. The van der Waals surface area contributed by atoms with Gasteiger partial charge in [-0.2, -0.15) is 0 Å². The van der Waals surface area contributed by atoms with Crippen LogP contribution in [-0.2, 0) is 0 Å². The third-order valence-electron chi connectivity index (χ3n) is 3.19. The molecule has 2 amide bonds. The second kappa shape index (κ2) is 8.70. The molecule has 0 aliphatic carbocycles. The van der Waals surface area contributed by atoms with Crippen LogP contribution in [0.3, 0.4) is 0 Å². The van der Waals surface area contributed by atoms with Crippen molar-refractivity contribution in [2.75, 3.05) is 20.2 Å². The zero-order valence-electron chi connectivity index (χ0n) is 12.9. The van der Waals surface area contributed by atoms with Crippen LogP contribution >= 0.6 is 27.5 Å². The first-order valence-corrected chi connectivity index (χ1v) is 8.34. The lowest BCUT2D eigenvalue weighted by molar-refractivity contribution is 0.0926. The lowest BCUT2D eigenvalue weighted by Gasteiger charge is -2.10. The summed E-state index contributed by atoms with van der Waals surface area (Å²) in [6.07, 6.45) is 0. The third-order valence-corrected chi connectivity index (χ3v) is 3.92. The molecule has 5 nitrogen and oxygen atoms in total. The Morgan fingerprint density at radius 3 is 2.46 bits per heavy atom. The summed E-state index contributed by atoms with van der Waals surface area (Å²) in [4.78, 5) is 24.1. The van der Waals surface area contributed by atoms with Gasteiger partial charge in [-0.1, -0.05) is 33.6 Å². The van der Waals surface area contributed by atoms with Crippen molar-refractivity contribution in [1.82, 2.24) is 10.6 Å². The van der Waals surface area contributed by atoms with E-state index in [2.05, 4.69) is 26.6 Å². The lowest BCUT2D eigenvalue weighted by atomic mass is 10.2. The normalized spacial score (nSPS) is 10.1. The van der Waals surface area contributed by atoms with E-state index in [1.807, 2.05) is 6.07 Å². The number of benzene rings is 2. The van der Waals surface area contributed by atoms with E-state index >= 15 is 0 Å². The monoisotopic (exact) mass is 410 g/mol. The number of amides is 2. The molecule has 0 spiro atoms. The van der Waals surface area contributed by atoms with Gasteiger partial charge in [0, 0.05) is 28.1 Å². The highest BCUT2D eigenvalue weighted by Crippen LogP contribution is 2.22. The van der Waals surface area contributed by atoms with Crippen molar-refractivity contribution in [1.29, 1.82) is 0 Å². The number of methoxy groups -OCH3 is 1. The minimum absolute atomic E-state index is 0.199. The predicted molar refractivity (Wildman–Crippen MR) is 96.8 cm³/mol. The first-order chi connectivity index (χ1) is 11.5. The van der Waals surface area contributed by atoms with Crippen LogP contribution in [0.1, 0.15) is 20.7 Å². The van der Waals surface area contributed by atoms with Gasteiger partial charge in [-0.05, 0) is 36.4 Å². The average molecular weight is 412 g/mol. The van der Waals surface area contributed by atoms with Crippen LogP contribution in [0, 0.1) is 0 Å². The van der Waals surface area contributed by atoms with Gasteiger partial charge in [0.2, 0.25) is 0 Å². The largest absolute Gasteiger partial charge is 0.496 e. The van der Waals surface area contributed by atoms with Gasteiger partial charge in [-0.15, -0.1) is 0 Å². The molecule has 2 rings (SSSR count). The summed E-state index contributed by atoms with van der Waals surface area (Å²) in [6, 6.07) is 11.9. The molecule has 126 valence electrons. The van der Waals surface area contributed by atoms with Gasteiger partial charge in [0.15, 0.2) is 0 Å². The summed E-state index contributed by atoms with van der Waals surface area (Å²) < 4.78 is 5.97. The molecular formula is C17H16BrClN2O3. The molecule has 0 aliphatic heterocycles. The van der Waals surface area contributed by atoms with E-state index in [4.69, 9.17) is 16.3 Å². The van der Waals surface area contributed by atoms with Gasteiger partial charge in [-0.25, -0.2) is 0 Å². The molecule has 0 radical (unpaired) electrons. The van der Waals surface area contributed by atoms with Crippen molar-refractivity contribution in [3.05, 3.63) is 63.1 Å². The Morgan fingerprint density at radius 1 is 1.08 bits per heavy atom. The number of hydrogen-bond acceptors (Lipinski definition) is 3. The van der Waals surface area contributed by atoms with E-state index in [-0.39, 0.29) is 11.8 Å². The maximum atomic E-state index is 12.1. The summed E-state index contributed by atoms with van der Waals surface area (Å²) >= 11 is 9.19. The van der Waals surface area contributed by atoms with Crippen LogP contribution in [0.25, 0.3) is 0 Å². The van der Waals surface area contributed by atoms with Crippen molar-refractivity contribution >= 4 is 39.3 Å². The Labute approximate surface area is 153 Å². The average Bonchev–Trinajstić information content (AvgIpc) is 2.58. The first kappa shape index (κ1) is 18.3. The standard InChI is InChI=1S/C17H16BrClN2O3/c1-24-15-10-13(19)5-6-14(15)17(23)21-8-7-20-16(22)11-3-2-4-12(18)9-11/h2-6,9-10H,7-8H2,1H3,(H,20,22)(H,21,23). The van der Waals surface area contributed by atoms with Crippen LogP contribution < -0.4 is 15.4 Å². The minimum atomic E-state index is -0.291. The van der Waals surface area contributed by atoms with E-state index < -0.39 is 0 Å². The summed E-state index contributed by atoms with van der Waals surface area (Å²) in [5, 5.41) is 5.96. The Morgan fingerprint density at radius 2 is 1.79 bits per heavy atom. The van der Waals surface area contributed by atoms with Gasteiger partial charge in [0.1, 0.15) is 5.75 Å². The summed E-state index contributed by atoms with van der Waals surface area (Å²) in [5.41, 5.74) is 0.940. The van der Waals surface area contributed by atoms with Crippen molar-refractivity contribution in [3.63, 3.8) is 0 Å². The second-order valence-electron chi connectivity index (χ2n) is 4.87. The molecule has 0 aromatic heterocycles. The molecule has 0 saturated heterocycles. The maximum Gasteiger partial charge on any atom is 0.255 e. The molecule has 0 aliphatic rings. The molecule has 7 heteroatoms. The van der Waals surface area contributed by atoms with Gasteiger partial charge in [-0.3, -0.25) is 9.59 Å². The first-order valence-electron chi connectivity index (χ1n) is 7.17. The highest BCUT2D eigenvalue weighted by Gasteiger charge is 2.12. The molecule has 0 saturated carbocycles. The number of hydrogen-bond donors (Lipinski definition) is 2. The van der Waals surface area contributed by atoms with Crippen LogP contribution in [-0.4, -0.2) is 32.0 Å². The quantitative estimate of drug-likeness (QED) is 0.717. The van der Waals surface area contributed by atoms with E-state index in [9.17, 15) is 9.59 Å². The molecule has 0 fully saturated rings. The van der Waals surface area contributed by atoms with Crippen molar-refractivity contribution in [2.45, 2.75) is 0 Å². The van der Waals surface area contributed by atoms with Crippen LogP contribution in [0.4, 0.5) is 0 Å². The summed E-state index contributed by atoms with van der Waals surface area (Å²) in [6.45, 7) is 0.608. The van der Waals surface area contributed by atoms with Gasteiger partial charge in [0.25, 0.3) is 11.8 Å². The maximum absolute atomic E-state index is 12.1. The topological polar surface area (TPSA) is 67.4 Å². The Hall–Kier alpha value is -2.05. The van der Waals surface area contributed by atoms with Crippen molar-refractivity contribution in [3.8, 4) is 5.75 Å². The van der Waals surface area contributed by atoms with Crippen LogP contribution in [0.2, 0.25) is 5.02 Å². The van der Waals surface area contributed by atoms with Crippen LogP contribution in [0.5, 0.6) is 5.75 Å². The molecule has 2 N–H and O–H groups in total. The summed E-state index contributed by atoms with van der Waals surface area (Å²) in [5.74, 6) is -0.0898. The van der Waals surface area contributed by atoms with Crippen molar-refractivity contribution < 1.29 is 14.3 Å². The number of rotatable bonds is 6. The van der Waals surface area contributed by atoms with E-state index in [1.165, 1.54) is 7.11 Å². The SMILES string of the molecule is COc1cc(Cl)ccc1C(=O)NCCNC(=O)c1cccc(Br)c1. The Balaban J connectivity index is 1.84. The molecular weight excluding hydrogens is 396 g/mol. The number of nitrogens with one attached hydrogen (secondary N) is 2. The number of ether oxygens (including phenoxy) is 1. The highest BCUT2D eigenvalue weighted by molar-refractivity contribution is 9.10. The van der Waals surface area contributed by atoms with Crippen LogP contribution in [0.15, 0.2) is 46.9 Å². The third kappa shape index (κ3) is 4.97. The van der Waals surface area contributed by atoms with E-state index in [0.29, 0.717) is 35.0 Å². The zero-order chi connectivity index (χ0) is 17.5. The molecule has 0 unspecified atom stereocenters. The highest BCUT2D eigenvalue weighted by atomic mass is 79.9. The minimum Gasteiger partial charge on any atom is -0.496 e. The summed E-state index contributed by atoms with van der Waals surface area (Å²) in [7, 11) is 1.47. The molecule has 0 atom stereocenters. The Kier molecular flexibility index (Phi) is 6.63. The zero-order valence-corrected chi connectivity index (χ0v) is 15.3. The smallest absolute Gasteiger partial charge is 0.255 e. The number of halogens is 2.